The lowest BCUT2D eigenvalue weighted by molar-refractivity contribution is -0.121. The highest BCUT2D eigenvalue weighted by atomic mass is 16.1. The predicted molar refractivity (Wildman–Crippen MR) is 59.8 cm³/mol. The average molecular weight is 213 g/mol. The van der Waals surface area contributed by atoms with E-state index in [9.17, 15) is 4.79 Å². The number of carbonyl (C=O) groups is 1. The van der Waals surface area contributed by atoms with Crippen LogP contribution in [0.25, 0.3) is 11.0 Å². The topological polar surface area (TPSA) is 54.9 Å². The van der Waals surface area contributed by atoms with E-state index in [1.165, 1.54) is 0 Å². The first-order valence-corrected chi connectivity index (χ1v) is 5.27. The minimum atomic E-state index is 0.0333. The maximum atomic E-state index is 11.4. The fourth-order valence-electron chi connectivity index (χ4n) is 2.28. The molecule has 1 atom stereocenters. The monoisotopic (exact) mass is 213 g/mol. The van der Waals surface area contributed by atoms with Gasteiger partial charge >= 0.3 is 0 Å². The van der Waals surface area contributed by atoms with E-state index in [0.717, 1.165) is 22.2 Å². The summed E-state index contributed by atoms with van der Waals surface area (Å²) in [5.74, 6) is 0.0602. The third-order valence-electron chi connectivity index (χ3n) is 2.93. The van der Waals surface area contributed by atoms with Crippen molar-refractivity contribution in [2.45, 2.75) is 19.4 Å². The highest BCUT2D eigenvalue weighted by Crippen LogP contribution is 2.28. The maximum Gasteiger partial charge on any atom is 0.224 e. The van der Waals surface area contributed by atoms with Crippen LogP contribution in [0.5, 0.6) is 0 Å². The van der Waals surface area contributed by atoms with E-state index < -0.39 is 0 Å². The fraction of sp³-hybridized carbons (Fsp3) is 0.250. The highest BCUT2D eigenvalue weighted by molar-refractivity contribution is 5.87. The SMILES string of the molecule is CC1NC(=O)Cc2cnc3ncccc3c21. The number of hydrogen-bond donors (Lipinski definition) is 1. The Labute approximate surface area is 92.7 Å². The van der Waals surface area contributed by atoms with Gasteiger partial charge in [0, 0.05) is 17.8 Å². The first-order valence-electron chi connectivity index (χ1n) is 5.27. The Balaban J connectivity index is 2.33. The molecular formula is C12H11N3O. The number of nitrogens with zero attached hydrogens (tertiary/aromatic N) is 2. The van der Waals surface area contributed by atoms with Crippen molar-refractivity contribution < 1.29 is 4.79 Å². The molecule has 4 heteroatoms. The van der Waals surface area contributed by atoms with Gasteiger partial charge in [-0.2, -0.15) is 0 Å². The number of amides is 1. The molecule has 0 fully saturated rings. The Morgan fingerprint density at radius 3 is 3.19 bits per heavy atom. The van der Waals surface area contributed by atoms with Gasteiger partial charge in [0.25, 0.3) is 0 Å². The Kier molecular flexibility index (Phi) is 1.89. The van der Waals surface area contributed by atoms with Crippen molar-refractivity contribution in [2.24, 2.45) is 0 Å². The molecule has 3 rings (SSSR count). The standard InChI is InChI=1S/C12H11N3O/c1-7-11-8(5-10(16)15-7)6-14-12-9(11)3-2-4-13-12/h2-4,6-7H,5H2,1H3,(H,15,16). The molecule has 1 aliphatic heterocycles. The van der Waals surface area contributed by atoms with E-state index in [2.05, 4.69) is 15.3 Å². The maximum absolute atomic E-state index is 11.4. The summed E-state index contributed by atoms with van der Waals surface area (Å²) in [5.41, 5.74) is 2.90. The van der Waals surface area contributed by atoms with Crippen LogP contribution in [-0.2, 0) is 11.2 Å². The Hall–Kier alpha value is -1.97. The zero-order valence-electron chi connectivity index (χ0n) is 8.90. The van der Waals surface area contributed by atoms with Crippen LogP contribution in [-0.4, -0.2) is 15.9 Å². The minimum Gasteiger partial charge on any atom is -0.349 e. The van der Waals surface area contributed by atoms with E-state index in [1.54, 1.807) is 12.4 Å². The van der Waals surface area contributed by atoms with Crippen molar-refractivity contribution in [2.75, 3.05) is 0 Å². The molecular weight excluding hydrogens is 202 g/mol. The predicted octanol–water partition coefficient (Wildman–Crippen LogP) is 1.36. The lowest BCUT2D eigenvalue weighted by atomic mass is 9.94. The summed E-state index contributed by atoms with van der Waals surface area (Å²) in [6.45, 7) is 1.99. The summed E-state index contributed by atoms with van der Waals surface area (Å²) >= 11 is 0. The van der Waals surface area contributed by atoms with E-state index in [0.29, 0.717) is 6.42 Å². The van der Waals surface area contributed by atoms with E-state index in [-0.39, 0.29) is 11.9 Å². The molecule has 0 saturated carbocycles. The van der Waals surface area contributed by atoms with Gasteiger partial charge < -0.3 is 5.32 Å². The van der Waals surface area contributed by atoms with Crippen LogP contribution in [0.2, 0.25) is 0 Å². The molecule has 1 unspecified atom stereocenters. The molecule has 1 amide bonds. The lowest BCUT2D eigenvalue weighted by Crippen LogP contribution is -2.33. The molecule has 2 aromatic rings. The van der Waals surface area contributed by atoms with Crippen molar-refractivity contribution >= 4 is 16.9 Å². The second-order valence-corrected chi connectivity index (χ2v) is 4.04. The number of nitrogens with one attached hydrogen (secondary N) is 1. The molecule has 0 radical (unpaired) electrons. The molecule has 80 valence electrons. The van der Waals surface area contributed by atoms with Crippen LogP contribution in [0.15, 0.2) is 24.5 Å². The van der Waals surface area contributed by atoms with Crippen molar-refractivity contribution in [1.82, 2.24) is 15.3 Å². The third kappa shape index (κ3) is 1.26. The molecule has 0 spiro atoms. The van der Waals surface area contributed by atoms with Crippen LogP contribution < -0.4 is 5.32 Å². The van der Waals surface area contributed by atoms with Crippen LogP contribution in [0.1, 0.15) is 24.1 Å². The average Bonchev–Trinajstić information content (AvgIpc) is 2.28. The van der Waals surface area contributed by atoms with Gasteiger partial charge in [-0.15, -0.1) is 0 Å². The molecule has 3 heterocycles. The Morgan fingerprint density at radius 2 is 2.31 bits per heavy atom. The summed E-state index contributed by atoms with van der Waals surface area (Å²) < 4.78 is 0. The number of carbonyl (C=O) groups excluding carboxylic acids is 1. The summed E-state index contributed by atoms with van der Waals surface area (Å²) in [6, 6.07) is 3.93. The smallest absolute Gasteiger partial charge is 0.224 e. The van der Waals surface area contributed by atoms with Crippen LogP contribution in [0.3, 0.4) is 0 Å². The largest absolute Gasteiger partial charge is 0.349 e. The summed E-state index contributed by atoms with van der Waals surface area (Å²) in [5, 5.41) is 3.97. The normalized spacial score (nSPS) is 19.3. The number of rotatable bonds is 0. The minimum absolute atomic E-state index is 0.0333. The second-order valence-electron chi connectivity index (χ2n) is 4.04. The van der Waals surface area contributed by atoms with Crippen molar-refractivity contribution in [3.63, 3.8) is 0 Å². The van der Waals surface area contributed by atoms with Crippen molar-refractivity contribution in [1.29, 1.82) is 0 Å². The second kappa shape index (κ2) is 3.27. The Morgan fingerprint density at radius 1 is 1.44 bits per heavy atom. The molecule has 1 aliphatic rings. The first-order chi connectivity index (χ1) is 7.75. The van der Waals surface area contributed by atoms with Gasteiger partial charge in [-0.25, -0.2) is 9.97 Å². The quantitative estimate of drug-likeness (QED) is 0.719. The van der Waals surface area contributed by atoms with Crippen LogP contribution >= 0.6 is 0 Å². The molecule has 2 aromatic heterocycles. The van der Waals surface area contributed by atoms with Gasteiger partial charge in [0.1, 0.15) is 0 Å². The molecule has 0 aromatic carbocycles. The molecule has 0 bridgehead atoms. The number of hydrogen-bond acceptors (Lipinski definition) is 3. The molecule has 16 heavy (non-hydrogen) atoms. The van der Waals surface area contributed by atoms with E-state index >= 15 is 0 Å². The van der Waals surface area contributed by atoms with Crippen LogP contribution in [0.4, 0.5) is 0 Å². The molecule has 1 N–H and O–H groups in total. The number of aromatic nitrogens is 2. The number of pyridine rings is 2. The zero-order chi connectivity index (χ0) is 11.1. The van der Waals surface area contributed by atoms with Gasteiger partial charge in [0.15, 0.2) is 5.65 Å². The van der Waals surface area contributed by atoms with E-state index in [4.69, 9.17) is 0 Å². The van der Waals surface area contributed by atoms with Gasteiger partial charge in [-0.05, 0) is 30.2 Å². The zero-order valence-corrected chi connectivity index (χ0v) is 8.90. The third-order valence-corrected chi connectivity index (χ3v) is 2.93. The lowest BCUT2D eigenvalue weighted by Gasteiger charge is -2.24. The Bertz CT molecular complexity index is 579. The van der Waals surface area contributed by atoms with Crippen LogP contribution in [0, 0.1) is 0 Å². The molecule has 4 nitrogen and oxygen atoms in total. The fourth-order valence-corrected chi connectivity index (χ4v) is 2.28. The number of fused-ring (bicyclic) bond motifs is 3. The summed E-state index contributed by atoms with van der Waals surface area (Å²) in [4.78, 5) is 19.9. The summed E-state index contributed by atoms with van der Waals surface area (Å²) in [7, 11) is 0. The van der Waals surface area contributed by atoms with Crippen molar-refractivity contribution in [3.05, 3.63) is 35.7 Å². The molecule has 0 aliphatic carbocycles. The first kappa shape index (κ1) is 9.27. The van der Waals surface area contributed by atoms with Gasteiger partial charge in [0.2, 0.25) is 5.91 Å². The van der Waals surface area contributed by atoms with Gasteiger partial charge in [-0.1, -0.05) is 0 Å². The highest BCUT2D eigenvalue weighted by Gasteiger charge is 2.23. The molecule has 0 saturated heterocycles. The van der Waals surface area contributed by atoms with Gasteiger partial charge in [0.05, 0.1) is 12.5 Å². The summed E-state index contributed by atoms with van der Waals surface area (Å²) in [6.07, 6.45) is 3.91. The van der Waals surface area contributed by atoms with Gasteiger partial charge in [-0.3, -0.25) is 4.79 Å². The van der Waals surface area contributed by atoms with Crippen molar-refractivity contribution in [3.8, 4) is 0 Å². The van der Waals surface area contributed by atoms with E-state index in [1.807, 2.05) is 19.1 Å².